The highest BCUT2D eigenvalue weighted by molar-refractivity contribution is 7.92. The van der Waals surface area contributed by atoms with Gasteiger partial charge in [-0.25, -0.2) is 8.42 Å². The largest absolute Gasteiger partial charge is 0.308 e. The molecule has 0 saturated heterocycles. The maximum Gasteiger partial charge on any atom is 0.233 e. The molecule has 4 bridgehead atoms. The number of para-hydroxylation sites is 1. The van der Waals surface area contributed by atoms with Gasteiger partial charge in [0, 0.05) is 12.2 Å². The van der Waals surface area contributed by atoms with Crippen molar-refractivity contribution in [3.8, 4) is 0 Å². The number of amides is 1. The fourth-order valence-electron chi connectivity index (χ4n) is 6.51. The van der Waals surface area contributed by atoms with Crippen molar-refractivity contribution in [3.05, 3.63) is 42.0 Å². The van der Waals surface area contributed by atoms with Crippen LogP contribution < -0.4 is 4.90 Å². The highest BCUT2D eigenvalue weighted by Crippen LogP contribution is 2.60. The minimum atomic E-state index is -3.02. The van der Waals surface area contributed by atoms with E-state index < -0.39 is 9.84 Å². The molecule has 1 aromatic carbocycles. The van der Waals surface area contributed by atoms with Crippen LogP contribution in [0, 0.1) is 23.2 Å². The van der Waals surface area contributed by atoms with Gasteiger partial charge in [0.15, 0.2) is 9.84 Å². The standard InChI is InChI=1S/C22H27NO3S/c24-21(22-11-17-8-18(12-22)10-19(9-17)13-22)23(20-4-2-1-3-5-20)14-16-6-7-27(25,26)15-16/h1-6,17-19H,7-15H2. The summed E-state index contributed by atoms with van der Waals surface area (Å²) in [5, 5.41) is 0. The molecule has 0 radical (unpaired) electrons. The Morgan fingerprint density at radius 3 is 2.11 bits per heavy atom. The summed E-state index contributed by atoms with van der Waals surface area (Å²) in [6.45, 7) is 0.407. The normalized spacial score (nSPS) is 35.9. The zero-order valence-electron chi connectivity index (χ0n) is 15.6. The van der Waals surface area contributed by atoms with Gasteiger partial charge in [-0.05, 0) is 74.0 Å². The van der Waals surface area contributed by atoms with Crippen molar-refractivity contribution in [1.82, 2.24) is 0 Å². The van der Waals surface area contributed by atoms with E-state index >= 15 is 0 Å². The van der Waals surface area contributed by atoms with Crippen LogP contribution in [0.1, 0.15) is 38.5 Å². The lowest BCUT2D eigenvalue weighted by atomic mass is 9.49. The molecule has 5 aliphatic rings. The molecule has 4 nitrogen and oxygen atoms in total. The number of hydrogen-bond donors (Lipinski definition) is 0. The van der Waals surface area contributed by atoms with E-state index in [1.165, 1.54) is 19.3 Å². The summed E-state index contributed by atoms with van der Waals surface area (Å²) >= 11 is 0. The zero-order chi connectivity index (χ0) is 18.6. The molecule has 144 valence electrons. The molecule has 0 unspecified atom stereocenters. The Hall–Kier alpha value is -1.62. The minimum absolute atomic E-state index is 0.0878. The molecule has 0 spiro atoms. The molecule has 1 amide bonds. The third-order valence-corrected chi connectivity index (χ3v) is 8.68. The van der Waals surface area contributed by atoms with Crippen molar-refractivity contribution >= 4 is 21.4 Å². The Kier molecular flexibility index (Phi) is 4.01. The number of carbonyl (C=O) groups excluding carboxylic acids is 1. The molecule has 4 aliphatic carbocycles. The average Bonchev–Trinajstić information content (AvgIpc) is 2.97. The number of nitrogens with zero attached hydrogens (tertiary/aromatic N) is 1. The Labute approximate surface area is 161 Å². The summed E-state index contributed by atoms with van der Waals surface area (Å²) in [7, 11) is -3.02. The third kappa shape index (κ3) is 3.14. The quantitative estimate of drug-likeness (QED) is 0.744. The Balaban J connectivity index is 1.46. The monoisotopic (exact) mass is 385 g/mol. The summed E-state index contributed by atoms with van der Waals surface area (Å²) in [4.78, 5) is 15.8. The number of anilines is 1. The van der Waals surface area contributed by atoms with Gasteiger partial charge in [-0.15, -0.1) is 0 Å². The highest BCUT2D eigenvalue weighted by atomic mass is 32.2. The smallest absolute Gasteiger partial charge is 0.233 e. The first-order valence-corrected chi connectivity index (χ1v) is 12.0. The topological polar surface area (TPSA) is 54.5 Å². The van der Waals surface area contributed by atoms with Crippen LogP contribution >= 0.6 is 0 Å². The predicted molar refractivity (Wildman–Crippen MR) is 106 cm³/mol. The molecule has 1 aliphatic heterocycles. The van der Waals surface area contributed by atoms with Crippen LogP contribution in [0.5, 0.6) is 0 Å². The number of sulfone groups is 1. The third-order valence-electron chi connectivity index (χ3n) is 7.20. The fourth-order valence-corrected chi connectivity index (χ4v) is 7.89. The molecule has 1 heterocycles. The number of benzene rings is 1. The second-order valence-electron chi connectivity index (χ2n) is 9.34. The first-order valence-electron chi connectivity index (χ1n) is 10.2. The van der Waals surface area contributed by atoms with Crippen molar-refractivity contribution in [2.75, 3.05) is 23.0 Å². The SMILES string of the molecule is O=C(N(CC1=CCS(=O)(=O)C1)c1ccccc1)C12CC3CC(CC(C3)C1)C2. The molecular weight excluding hydrogens is 358 g/mol. The van der Waals surface area contributed by atoms with Gasteiger partial charge in [-0.1, -0.05) is 24.3 Å². The second-order valence-corrected chi connectivity index (χ2v) is 11.5. The van der Waals surface area contributed by atoms with E-state index in [-0.39, 0.29) is 22.8 Å². The lowest BCUT2D eigenvalue weighted by Crippen LogP contribution is -2.55. The molecule has 0 N–H and O–H groups in total. The van der Waals surface area contributed by atoms with Gasteiger partial charge in [0.25, 0.3) is 0 Å². The summed E-state index contributed by atoms with van der Waals surface area (Å²) in [5.41, 5.74) is 1.53. The van der Waals surface area contributed by atoms with Gasteiger partial charge in [0.05, 0.1) is 16.9 Å². The maximum absolute atomic E-state index is 13.9. The molecule has 0 aromatic heterocycles. The van der Waals surface area contributed by atoms with Crippen molar-refractivity contribution in [1.29, 1.82) is 0 Å². The van der Waals surface area contributed by atoms with Gasteiger partial charge in [0.1, 0.15) is 0 Å². The Morgan fingerprint density at radius 2 is 1.59 bits per heavy atom. The maximum atomic E-state index is 13.9. The lowest BCUT2D eigenvalue weighted by Gasteiger charge is -2.56. The summed E-state index contributed by atoms with van der Waals surface area (Å²) < 4.78 is 23.8. The first-order chi connectivity index (χ1) is 12.9. The van der Waals surface area contributed by atoms with Crippen LogP contribution in [0.25, 0.3) is 0 Å². The van der Waals surface area contributed by atoms with Crippen LogP contribution in [-0.2, 0) is 14.6 Å². The van der Waals surface area contributed by atoms with Crippen LogP contribution in [0.4, 0.5) is 5.69 Å². The van der Waals surface area contributed by atoms with Gasteiger partial charge in [-0.3, -0.25) is 4.79 Å². The van der Waals surface area contributed by atoms with Crippen LogP contribution in [0.2, 0.25) is 0 Å². The molecule has 0 atom stereocenters. The first kappa shape index (κ1) is 17.5. The summed E-state index contributed by atoms with van der Waals surface area (Å²) in [6.07, 6.45) is 8.80. The van der Waals surface area contributed by atoms with E-state index in [1.807, 2.05) is 35.2 Å². The fraction of sp³-hybridized carbons (Fsp3) is 0.591. The molecule has 6 rings (SSSR count). The number of carbonyl (C=O) groups is 1. The zero-order valence-corrected chi connectivity index (χ0v) is 16.5. The summed E-state index contributed by atoms with van der Waals surface area (Å²) in [6, 6.07) is 9.81. The van der Waals surface area contributed by atoms with E-state index in [4.69, 9.17) is 0 Å². The van der Waals surface area contributed by atoms with E-state index in [0.29, 0.717) is 24.3 Å². The van der Waals surface area contributed by atoms with E-state index in [1.54, 1.807) is 6.08 Å². The van der Waals surface area contributed by atoms with Gasteiger partial charge >= 0.3 is 0 Å². The van der Waals surface area contributed by atoms with E-state index in [0.717, 1.165) is 30.5 Å². The Bertz CT molecular complexity index is 852. The molecular formula is C22H27NO3S. The van der Waals surface area contributed by atoms with E-state index in [9.17, 15) is 13.2 Å². The molecule has 5 heteroatoms. The van der Waals surface area contributed by atoms with Crippen LogP contribution in [-0.4, -0.2) is 32.4 Å². The molecule has 4 fully saturated rings. The number of rotatable bonds is 4. The van der Waals surface area contributed by atoms with Crippen molar-refractivity contribution < 1.29 is 13.2 Å². The van der Waals surface area contributed by atoms with Gasteiger partial charge < -0.3 is 4.90 Å². The Morgan fingerprint density at radius 1 is 1.00 bits per heavy atom. The van der Waals surface area contributed by atoms with E-state index in [2.05, 4.69) is 0 Å². The lowest BCUT2D eigenvalue weighted by molar-refractivity contribution is -0.143. The average molecular weight is 386 g/mol. The number of hydrogen-bond acceptors (Lipinski definition) is 3. The van der Waals surface area contributed by atoms with Crippen molar-refractivity contribution in [3.63, 3.8) is 0 Å². The van der Waals surface area contributed by atoms with Crippen molar-refractivity contribution in [2.45, 2.75) is 38.5 Å². The highest BCUT2D eigenvalue weighted by Gasteiger charge is 2.55. The predicted octanol–water partition coefficient (Wildman–Crippen LogP) is 3.59. The van der Waals surface area contributed by atoms with Gasteiger partial charge in [-0.2, -0.15) is 0 Å². The molecule has 27 heavy (non-hydrogen) atoms. The molecule has 1 aromatic rings. The summed E-state index contributed by atoms with van der Waals surface area (Å²) in [5.74, 6) is 2.57. The minimum Gasteiger partial charge on any atom is -0.308 e. The van der Waals surface area contributed by atoms with Crippen LogP contribution in [0.3, 0.4) is 0 Å². The van der Waals surface area contributed by atoms with Gasteiger partial charge in [0.2, 0.25) is 5.91 Å². The molecule has 4 saturated carbocycles. The van der Waals surface area contributed by atoms with Crippen molar-refractivity contribution in [2.24, 2.45) is 23.2 Å². The second kappa shape index (κ2) is 6.20. The van der Waals surface area contributed by atoms with Crippen LogP contribution in [0.15, 0.2) is 42.0 Å².